The number of carbonyl (C=O) groups is 3. The fourth-order valence-corrected chi connectivity index (χ4v) is 5.18. The molecule has 14 nitrogen and oxygen atoms in total. The third-order valence-electron chi connectivity index (χ3n) is 4.83. The number of rotatable bonds is 8. The monoisotopic (exact) mass is 525 g/mol. The number of carboxylic acids is 1. The lowest BCUT2D eigenvalue weighted by atomic mass is 10.0. The minimum absolute atomic E-state index is 0. The maximum absolute atomic E-state index is 12.9. The first-order valence-corrected chi connectivity index (χ1v) is 11.7. The van der Waals surface area contributed by atoms with E-state index in [1.807, 2.05) is 22.8 Å². The van der Waals surface area contributed by atoms with E-state index in [9.17, 15) is 19.5 Å². The average molecular weight is 526 g/mol. The number of amides is 2. The van der Waals surface area contributed by atoms with E-state index < -0.39 is 29.2 Å². The van der Waals surface area contributed by atoms with Gasteiger partial charge in [-0.15, -0.1) is 11.8 Å². The summed E-state index contributed by atoms with van der Waals surface area (Å²) in [6.07, 6.45) is 3.60. The Balaban J connectivity index is 0.00000216. The molecule has 35 heavy (non-hydrogen) atoms. The number of carboxylic acid groups (broad SMARTS) is 1. The van der Waals surface area contributed by atoms with Crippen LogP contribution in [0.25, 0.3) is 0 Å². The number of β-lactam (4-membered cyclic amide) rings is 1. The number of thioether (sulfide) groups is 1. The zero-order chi connectivity index (χ0) is 23.5. The molecule has 2 aromatic rings. The zero-order valence-electron chi connectivity index (χ0n) is 18.3. The molecule has 1 fully saturated rings. The number of anilines is 1. The second-order valence-corrected chi connectivity index (χ2v) is 8.85. The molecule has 0 bridgehead atoms. The molecule has 2 amide bonds. The molecular formula is C19H23N7O7S2. The van der Waals surface area contributed by atoms with Gasteiger partial charge >= 0.3 is 0 Å². The Morgan fingerprint density at radius 3 is 2.66 bits per heavy atom. The number of nitrogens with two attached hydrogens (primary N) is 1. The first-order valence-electron chi connectivity index (χ1n) is 9.83. The Morgan fingerprint density at radius 1 is 1.34 bits per heavy atom. The van der Waals surface area contributed by atoms with Crippen LogP contribution in [0.2, 0.25) is 0 Å². The van der Waals surface area contributed by atoms with Crippen LogP contribution in [0.3, 0.4) is 0 Å². The van der Waals surface area contributed by atoms with E-state index in [2.05, 4.69) is 19.8 Å². The lowest BCUT2D eigenvalue weighted by Crippen LogP contribution is -2.71. The number of nitrogen functional groups attached to an aromatic ring is 1. The van der Waals surface area contributed by atoms with Crippen molar-refractivity contribution in [3.8, 4) is 0 Å². The fraction of sp³-hybridized carbons (Fsp3) is 0.316. The Labute approximate surface area is 207 Å². The van der Waals surface area contributed by atoms with Crippen molar-refractivity contribution in [3.63, 3.8) is 0 Å². The van der Waals surface area contributed by atoms with Crippen molar-refractivity contribution in [2.45, 2.75) is 24.9 Å². The smallest absolute Gasteiger partial charge is 0.278 e. The van der Waals surface area contributed by atoms with Crippen molar-refractivity contribution < 1.29 is 39.8 Å². The number of hydrogen-bond donors (Lipinski definition) is 2. The molecule has 0 aliphatic carbocycles. The molecular weight excluding hydrogens is 502 g/mol. The van der Waals surface area contributed by atoms with Gasteiger partial charge in [-0.3, -0.25) is 14.5 Å². The predicted molar refractivity (Wildman–Crippen MR) is 123 cm³/mol. The van der Waals surface area contributed by atoms with Gasteiger partial charge in [0.05, 0.1) is 11.7 Å². The van der Waals surface area contributed by atoms with Crippen LogP contribution in [0, 0.1) is 0 Å². The summed E-state index contributed by atoms with van der Waals surface area (Å²) in [7, 11) is 0. The number of fused-ring (bicyclic) bond motifs is 1. The third kappa shape index (κ3) is 5.56. The predicted octanol–water partition coefficient (Wildman–Crippen LogP) is -3.40. The minimum atomic E-state index is -1.44. The van der Waals surface area contributed by atoms with Gasteiger partial charge in [0.25, 0.3) is 11.8 Å². The standard InChI is InChI=1S/C19H19N7O5S2.2H2O/c1-2-31-23-11(14-22-19(20)33-24-14)15(27)21-12-16(28)26-13(18(29)30)10(9-32-17(12)26)8-25-6-4-3-5-7-25;;/h3-7,12,17H,2,8-9H2,1H3,(H3-,20,21,22,24,27,29,30);2*1H2/b23-11-;;/t12?,17-;;/m1../s1. The van der Waals surface area contributed by atoms with Gasteiger partial charge < -0.3 is 36.7 Å². The van der Waals surface area contributed by atoms with Crippen LogP contribution in [0.5, 0.6) is 0 Å². The first kappa shape index (κ1) is 27.6. The van der Waals surface area contributed by atoms with Crippen molar-refractivity contribution in [1.29, 1.82) is 0 Å². The van der Waals surface area contributed by atoms with E-state index in [1.165, 1.54) is 11.8 Å². The first-order chi connectivity index (χ1) is 15.9. The number of aromatic nitrogens is 3. The van der Waals surface area contributed by atoms with Gasteiger partial charge in [-0.2, -0.15) is 9.36 Å². The number of pyridine rings is 1. The highest BCUT2D eigenvalue weighted by Gasteiger charge is 2.53. The molecule has 0 spiro atoms. The van der Waals surface area contributed by atoms with E-state index in [1.54, 1.807) is 19.3 Å². The summed E-state index contributed by atoms with van der Waals surface area (Å²) in [5.41, 5.74) is 5.75. The number of nitrogens with zero attached hydrogens (tertiary/aromatic N) is 5. The topological polar surface area (TPSA) is 230 Å². The molecule has 188 valence electrons. The van der Waals surface area contributed by atoms with E-state index in [0.29, 0.717) is 17.9 Å². The summed E-state index contributed by atoms with van der Waals surface area (Å²) in [6, 6.07) is 4.54. The maximum Gasteiger partial charge on any atom is 0.278 e. The number of nitrogens with one attached hydrogen (secondary N) is 1. The van der Waals surface area contributed by atoms with Gasteiger partial charge in [-0.05, 0) is 6.92 Å². The molecule has 1 unspecified atom stereocenters. The van der Waals surface area contributed by atoms with Crippen molar-refractivity contribution in [2.75, 3.05) is 18.1 Å². The second-order valence-electron chi connectivity index (χ2n) is 6.96. The molecule has 2 aromatic heterocycles. The van der Waals surface area contributed by atoms with Gasteiger partial charge in [-0.1, -0.05) is 11.2 Å². The third-order valence-corrected chi connectivity index (χ3v) is 6.71. The number of aliphatic carboxylic acids is 1. The SMILES string of the molecule is CCO/N=C(\C(=O)NC1C(=O)N2C(C(=O)[O-])=C(C[n+]3ccccc3)CS[C@H]12)c1nsc(N)n1.O.O. The van der Waals surface area contributed by atoms with Crippen LogP contribution in [-0.2, 0) is 25.8 Å². The van der Waals surface area contributed by atoms with Gasteiger partial charge in [0.1, 0.15) is 18.0 Å². The normalized spacial score (nSPS) is 19.1. The van der Waals surface area contributed by atoms with Crippen molar-refractivity contribution in [2.24, 2.45) is 5.16 Å². The molecule has 1 saturated heterocycles. The summed E-state index contributed by atoms with van der Waals surface area (Å²) < 4.78 is 5.78. The number of hydrogen-bond acceptors (Lipinski definition) is 11. The van der Waals surface area contributed by atoms with Gasteiger partial charge in [-0.25, -0.2) is 4.57 Å². The summed E-state index contributed by atoms with van der Waals surface area (Å²) in [5.74, 6) is -2.40. The molecule has 4 rings (SSSR count). The molecule has 2 aliphatic heterocycles. The lowest BCUT2D eigenvalue weighted by molar-refractivity contribution is -0.689. The van der Waals surface area contributed by atoms with Crippen LogP contribution in [0.15, 0.2) is 47.0 Å². The second kappa shape index (κ2) is 11.7. The largest absolute Gasteiger partial charge is 0.543 e. The highest BCUT2D eigenvalue weighted by atomic mass is 32.2. The van der Waals surface area contributed by atoms with Crippen LogP contribution >= 0.6 is 23.3 Å². The van der Waals surface area contributed by atoms with Crippen molar-refractivity contribution >= 4 is 51.9 Å². The zero-order valence-corrected chi connectivity index (χ0v) is 20.0. The van der Waals surface area contributed by atoms with Gasteiger partial charge in [0.15, 0.2) is 24.1 Å². The van der Waals surface area contributed by atoms with E-state index in [0.717, 1.165) is 16.4 Å². The molecule has 0 saturated carbocycles. The molecule has 2 atom stereocenters. The van der Waals surface area contributed by atoms with Crippen molar-refractivity contribution in [1.82, 2.24) is 19.6 Å². The quantitative estimate of drug-likeness (QED) is 0.151. The van der Waals surface area contributed by atoms with Crippen LogP contribution in [0.4, 0.5) is 5.13 Å². The van der Waals surface area contributed by atoms with Gasteiger partial charge in [0.2, 0.25) is 11.5 Å². The number of oxime groups is 1. The minimum Gasteiger partial charge on any atom is -0.543 e. The van der Waals surface area contributed by atoms with Crippen molar-refractivity contribution in [3.05, 3.63) is 47.7 Å². The fourth-order valence-electron chi connectivity index (χ4n) is 3.41. The molecule has 4 heterocycles. The van der Waals surface area contributed by atoms with Crippen LogP contribution in [0.1, 0.15) is 12.7 Å². The van der Waals surface area contributed by atoms with E-state index in [-0.39, 0.29) is 39.9 Å². The lowest BCUT2D eigenvalue weighted by Gasteiger charge is -2.50. The highest BCUT2D eigenvalue weighted by molar-refractivity contribution is 8.00. The number of carbonyl (C=O) groups excluding carboxylic acids is 3. The molecule has 16 heteroatoms. The summed E-state index contributed by atoms with van der Waals surface area (Å²) in [6.45, 7) is 2.19. The van der Waals surface area contributed by atoms with E-state index in [4.69, 9.17) is 10.6 Å². The molecule has 0 aromatic carbocycles. The molecule has 0 radical (unpaired) electrons. The summed E-state index contributed by atoms with van der Waals surface area (Å²) >= 11 is 2.24. The Hall–Kier alpha value is -3.60. The van der Waals surface area contributed by atoms with Crippen LogP contribution in [-0.4, -0.2) is 72.5 Å². The van der Waals surface area contributed by atoms with E-state index >= 15 is 0 Å². The summed E-state index contributed by atoms with van der Waals surface area (Å²) in [4.78, 5) is 47.7. The van der Waals surface area contributed by atoms with Gasteiger partial charge in [0, 0.05) is 35.0 Å². The summed E-state index contributed by atoms with van der Waals surface area (Å²) in [5, 5.41) is 17.8. The average Bonchev–Trinajstić information content (AvgIpc) is 3.23. The maximum atomic E-state index is 12.9. The van der Waals surface area contributed by atoms with Crippen LogP contribution < -0.4 is 20.7 Å². The Morgan fingerprint density at radius 2 is 2.06 bits per heavy atom. The Bertz CT molecular complexity index is 1160. The molecule has 7 N–H and O–H groups in total. The molecule has 2 aliphatic rings. The Kier molecular flexibility index (Phi) is 9.24. The highest BCUT2D eigenvalue weighted by Crippen LogP contribution is 2.40.